The normalized spacial score (nSPS) is 21.5. The minimum absolute atomic E-state index is 0.0186. The van der Waals surface area contributed by atoms with Crippen molar-refractivity contribution in [2.75, 3.05) is 32.1 Å². The van der Waals surface area contributed by atoms with E-state index in [1.54, 1.807) is 11.9 Å². The van der Waals surface area contributed by atoms with Crippen molar-refractivity contribution in [1.29, 1.82) is 0 Å². The van der Waals surface area contributed by atoms with Gasteiger partial charge in [-0.3, -0.25) is 0 Å². The fourth-order valence-electron chi connectivity index (χ4n) is 1.16. The largest absolute Gasteiger partial charge is 0.379 e. The zero-order valence-corrected chi connectivity index (χ0v) is 9.34. The molecular weight excluding hydrogens is 236 g/mol. The summed E-state index contributed by atoms with van der Waals surface area (Å²) >= 11 is 3.28. The number of hydrogen-bond donors (Lipinski definition) is 1. The number of rotatable bonds is 3. The van der Waals surface area contributed by atoms with Crippen molar-refractivity contribution in [3.05, 3.63) is 0 Å². The summed E-state index contributed by atoms with van der Waals surface area (Å²) in [5.74, 6) is 0. The number of carbonyl (C=O) groups excluding carboxylic acids is 1. The van der Waals surface area contributed by atoms with Crippen LogP contribution in [0.15, 0.2) is 0 Å². The third kappa shape index (κ3) is 3.52. The lowest BCUT2D eigenvalue weighted by molar-refractivity contribution is 0.183. The van der Waals surface area contributed by atoms with Crippen molar-refractivity contribution in [2.45, 2.75) is 12.5 Å². The molecule has 0 saturated carbocycles. The summed E-state index contributed by atoms with van der Waals surface area (Å²) in [4.78, 5) is 13.1. The lowest BCUT2D eigenvalue weighted by Crippen LogP contribution is -2.43. The van der Waals surface area contributed by atoms with E-state index in [2.05, 4.69) is 21.2 Å². The molecule has 0 aromatic rings. The average molecular weight is 251 g/mol. The Balaban J connectivity index is 2.22. The molecule has 1 unspecified atom stereocenters. The molecule has 1 aliphatic heterocycles. The summed E-state index contributed by atoms with van der Waals surface area (Å²) in [6, 6.07) is 0.181. The van der Waals surface area contributed by atoms with Gasteiger partial charge in [-0.2, -0.15) is 0 Å². The van der Waals surface area contributed by atoms with Gasteiger partial charge in [0.1, 0.15) is 0 Å². The molecule has 1 aliphatic rings. The van der Waals surface area contributed by atoms with Crippen LogP contribution in [0.4, 0.5) is 4.79 Å². The quantitative estimate of drug-likeness (QED) is 0.754. The van der Waals surface area contributed by atoms with Gasteiger partial charge in [0.15, 0.2) is 0 Å². The Morgan fingerprint density at radius 1 is 1.77 bits per heavy atom. The number of nitrogens with one attached hydrogen (secondary N) is 1. The highest BCUT2D eigenvalue weighted by Crippen LogP contribution is 2.03. The van der Waals surface area contributed by atoms with Crippen LogP contribution in [0.2, 0.25) is 0 Å². The Morgan fingerprint density at radius 2 is 2.54 bits per heavy atom. The lowest BCUT2D eigenvalue weighted by atomic mass is 10.3. The van der Waals surface area contributed by atoms with Crippen molar-refractivity contribution in [3.8, 4) is 0 Å². The van der Waals surface area contributed by atoms with Crippen LogP contribution in [0, 0.1) is 0 Å². The molecular formula is C8H15BrN2O2. The van der Waals surface area contributed by atoms with Crippen LogP contribution in [0.5, 0.6) is 0 Å². The SMILES string of the molecule is CN(CCBr)C(=O)NC1CCOC1. The smallest absolute Gasteiger partial charge is 0.317 e. The second-order valence-corrected chi connectivity index (χ2v) is 3.91. The molecule has 0 aliphatic carbocycles. The Hall–Kier alpha value is -0.290. The standard InChI is InChI=1S/C8H15BrN2O2/c1-11(4-3-9)8(12)10-7-2-5-13-6-7/h7H,2-6H2,1H3,(H,10,12). The first-order valence-electron chi connectivity index (χ1n) is 4.39. The van der Waals surface area contributed by atoms with E-state index in [1.165, 1.54) is 0 Å². The van der Waals surface area contributed by atoms with Gasteiger partial charge in [-0.05, 0) is 6.42 Å². The van der Waals surface area contributed by atoms with Crippen LogP contribution in [-0.2, 0) is 4.74 Å². The minimum atomic E-state index is -0.0186. The molecule has 1 saturated heterocycles. The molecule has 4 nitrogen and oxygen atoms in total. The summed E-state index contributed by atoms with van der Waals surface area (Å²) in [7, 11) is 1.78. The van der Waals surface area contributed by atoms with Gasteiger partial charge in [0, 0.05) is 25.5 Å². The van der Waals surface area contributed by atoms with E-state index >= 15 is 0 Å². The maximum atomic E-state index is 11.4. The number of amides is 2. The number of halogens is 1. The molecule has 1 N–H and O–H groups in total. The van der Waals surface area contributed by atoms with Crippen molar-refractivity contribution in [2.24, 2.45) is 0 Å². The monoisotopic (exact) mass is 250 g/mol. The highest BCUT2D eigenvalue weighted by atomic mass is 79.9. The van der Waals surface area contributed by atoms with Crippen molar-refractivity contribution >= 4 is 22.0 Å². The zero-order chi connectivity index (χ0) is 9.68. The predicted molar refractivity (Wildman–Crippen MR) is 54.2 cm³/mol. The number of ether oxygens (including phenoxy) is 1. The van der Waals surface area contributed by atoms with Gasteiger partial charge in [0.2, 0.25) is 0 Å². The molecule has 1 rings (SSSR count). The second-order valence-electron chi connectivity index (χ2n) is 3.12. The molecule has 1 heterocycles. The number of carbonyl (C=O) groups is 1. The summed E-state index contributed by atoms with van der Waals surface area (Å²) in [5.41, 5.74) is 0. The fraction of sp³-hybridized carbons (Fsp3) is 0.875. The molecule has 0 bridgehead atoms. The van der Waals surface area contributed by atoms with Crippen molar-refractivity contribution < 1.29 is 9.53 Å². The molecule has 0 spiro atoms. The van der Waals surface area contributed by atoms with Crippen LogP contribution < -0.4 is 5.32 Å². The van der Waals surface area contributed by atoms with Gasteiger partial charge in [-0.1, -0.05) is 15.9 Å². The number of urea groups is 1. The molecule has 1 atom stereocenters. The molecule has 5 heteroatoms. The van der Waals surface area contributed by atoms with E-state index in [4.69, 9.17) is 4.74 Å². The van der Waals surface area contributed by atoms with Gasteiger partial charge in [0.25, 0.3) is 0 Å². The highest BCUT2D eigenvalue weighted by molar-refractivity contribution is 9.09. The predicted octanol–water partition coefficient (Wildman–Crippen LogP) is 0.812. The Kier molecular flexibility index (Phi) is 4.52. The van der Waals surface area contributed by atoms with Crippen molar-refractivity contribution in [1.82, 2.24) is 10.2 Å². The number of hydrogen-bond acceptors (Lipinski definition) is 2. The second kappa shape index (κ2) is 5.44. The summed E-state index contributed by atoms with van der Waals surface area (Å²) in [5, 5.41) is 3.71. The van der Waals surface area contributed by atoms with Gasteiger partial charge < -0.3 is 15.0 Å². The lowest BCUT2D eigenvalue weighted by Gasteiger charge is -2.19. The van der Waals surface area contributed by atoms with E-state index in [-0.39, 0.29) is 12.1 Å². The number of nitrogens with zero attached hydrogens (tertiary/aromatic N) is 1. The van der Waals surface area contributed by atoms with E-state index in [0.717, 1.165) is 24.9 Å². The molecule has 0 aromatic heterocycles. The Bertz CT molecular complexity index is 172. The van der Waals surface area contributed by atoms with Crippen LogP contribution in [0.3, 0.4) is 0 Å². The van der Waals surface area contributed by atoms with Crippen LogP contribution in [0.1, 0.15) is 6.42 Å². The van der Waals surface area contributed by atoms with Gasteiger partial charge in [-0.25, -0.2) is 4.79 Å². The van der Waals surface area contributed by atoms with Crippen LogP contribution in [0.25, 0.3) is 0 Å². The third-order valence-corrected chi connectivity index (χ3v) is 2.38. The molecule has 76 valence electrons. The zero-order valence-electron chi connectivity index (χ0n) is 7.75. The summed E-state index contributed by atoms with van der Waals surface area (Å²) in [6.45, 7) is 2.13. The molecule has 13 heavy (non-hydrogen) atoms. The van der Waals surface area contributed by atoms with E-state index < -0.39 is 0 Å². The first kappa shape index (κ1) is 10.8. The first-order valence-corrected chi connectivity index (χ1v) is 5.51. The average Bonchev–Trinajstić information content (AvgIpc) is 2.57. The van der Waals surface area contributed by atoms with Gasteiger partial charge in [0.05, 0.1) is 12.6 Å². The molecule has 0 aromatic carbocycles. The molecule has 0 radical (unpaired) electrons. The maximum absolute atomic E-state index is 11.4. The summed E-state index contributed by atoms with van der Waals surface area (Å²) in [6.07, 6.45) is 0.924. The molecule has 2 amide bonds. The van der Waals surface area contributed by atoms with Crippen molar-refractivity contribution in [3.63, 3.8) is 0 Å². The number of alkyl halides is 1. The van der Waals surface area contributed by atoms with E-state index in [0.29, 0.717) is 6.61 Å². The van der Waals surface area contributed by atoms with Gasteiger partial charge >= 0.3 is 6.03 Å². The van der Waals surface area contributed by atoms with Gasteiger partial charge in [-0.15, -0.1) is 0 Å². The maximum Gasteiger partial charge on any atom is 0.317 e. The fourth-order valence-corrected chi connectivity index (χ4v) is 1.69. The highest BCUT2D eigenvalue weighted by Gasteiger charge is 2.19. The van der Waals surface area contributed by atoms with Crippen LogP contribution >= 0.6 is 15.9 Å². The summed E-state index contributed by atoms with van der Waals surface area (Å²) < 4.78 is 5.16. The van der Waals surface area contributed by atoms with E-state index in [9.17, 15) is 4.79 Å². The first-order chi connectivity index (χ1) is 6.24. The minimum Gasteiger partial charge on any atom is -0.379 e. The third-order valence-electron chi connectivity index (χ3n) is 2.02. The Morgan fingerprint density at radius 3 is 3.08 bits per heavy atom. The molecule has 1 fully saturated rings. The Labute approximate surface area is 86.7 Å². The van der Waals surface area contributed by atoms with Crippen LogP contribution in [-0.4, -0.2) is 49.1 Å². The topological polar surface area (TPSA) is 41.6 Å². The van der Waals surface area contributed by atoms with E-state index in [1.807, 2.05) is 0 Å².